The van der Waals surface area contributed by atoms with Crippen LogP contribution in [-0.4, -0.2) is 40.5 Å². The summed E-state index contributed by atoms with van der Waals surface area (Å²) in [6.07, 6.45) is 2.13. The van der Waals surface area contributed by atoms with Crippen molar-refractivity contribution < 1.29 is 19.5 Å². The first-order valence-corrected chi connectivity index (χ1v) is 7.71. The van der Waals surface area contributed by atoms with E-state index >= 15 is 0 Å². The number of nitrogens with one attached hydrogen (secondary N) is 3. The fourth-order valence-electron chi connectivity index (χ4n) is 2.44. The van der Waals surface area contributed by atoms with E-state index in [2.05, 4.69) is 15.6 Å². The number of para-hydroxylation sites is 1. The highest BCUT2D eigenvalue weighted by molar-refractivity contribution is 5.89. The molecule has 0 bridgehead atoms. The van der Waals surface area contributed by atoms with E-state index in [1.54, 1.807) is 0 Å². The number of rotatable bonds is 7. The van der Waals surface area contributed by atoms with Gasteiger partial charge in [-0.3, -0.25) is 14.4 Å². The highest BCUT2D eigenvalue weighted by Gasteiger charge is 2.22. The zero-order valence-corrected chi connectivity index (χ0v) is 13.6. The summed E-state index contributed by atoms with van der Waals surface area (Å²) in [5, 5.41) is 15.1. The van der Waals surface area contributed by atoms with Crippen molar-refractivity contribution >= 4 is 28.7 Å². The molecule has 0 saturated carbocycles. The first-order chi connectivity index (χ1) is 11.4. The number of carbonyl (C=O) groups excluding carboxylic acids is 2. The first kappa shape index (κ1) is 17.5. The Morgan fingerprint density at radius 2 is 1.96 bits per heavy atom. The molecule has 1 heterocycles. The van der Waals surface area contributed by atoms with Gasteiger partial charge in [-0.25, -0.2) is 0 Å². The van der Waals surface area contributed by atoms with Crippen LogP contribution in [0.15, 0.2) is 30.5 Å². The molecule has 0 aliphatic rings. The smallest absolute Gasteiger partial charge is 0.308 e. The predicted octanol–water partition coefficient (Wildman–Crippen LogP) is 1.05. The second-order valence-electron chi connectivity index (χ2n) is 5.80. The lowest BCUT2D eigenvalue weighted by molar-refractivity contribution is -0.141. The maximum absolute atomic E-state index is 12.3. The number of amides is 2. The molecular weight excluding hydrogens is 310 g/mol. The molecule has 0 radical (unpaired) electrons. The van der Waals surface area contributed by atoms with E-state index in [0.29, 0.717) is 6.42 Å². The molecule has 24 heavy (non-hydrogen) atoms. The summed E-state index contributed by atoms with van der Waals surface area (Å²) in [6.45, 7) is 2.86. The van der Waals surface area contributed by atoms with Gasteiger partial charge in [-0.05, 0) is 11.6 Å². The summed E-state index contributed by atoms with van der Waals surface area (Å²) in [5.41, 5.74) is 1.86. The third-order valence-corrected chi connectivity index (χ3v) is 3.80. The molecule has 2 aromatic rings. The largest absolute Gasteiger partial charge is 0.481 e. The number of H-pyrrole nitrogens is 1. The van der Waals surface area contributed by atoms with Crippen molar-refractivity contribution in [2.24, 2.45) is 5.92 Å². The van der Waals surface area contributed by atoms with Crippen molar-refractivity contribution in [3.8, 4) is 0 Å². The first-order valence-electron chi connectivity index (χ1n) is 7.71. The summed E-state index contributed by atoms with van der Waals surface area (Å²) < 4.78 is 0. The number of carbonyl (C=O) groups is 3. The number of aromatic amines is 1. The standard InChI is InChI=1S/C17H21N3O4/c1-10(17(23)24)8-19-16(22)15(20-11(2)21)7-12-9-18-14-6-4-3-5-13(12)14/h3-6,9-10,15,18H,7-8H2,1-2H3,(H,19,22)(H,20,21)(H,23,24). The lowest BCUT2D eigenvalue weighted by Gasteiger charge is -2.18. The number of benzene rings is 1. The summed E-state index contributed by atoms with van der Waals surface area (Å²) >= 11 is 0. The molecule has 0 aliphatic heterocycles. The van der Waals surface area contributed by atoms with Crippen LogP contribution in [0.1, 0.15) is 19.4 Å². The van der Waals surface area contributed by atoms with Crippen LogP contribution in [0, 0.1) is 5.92 Å². The number of hydrogen-bond acceptors (Lipinski definition) is 3. The molecule has 2 atom stereocenters. The third kappa shape index (κ3) is 4.34. The van der Waals surface area contributed by atoms with E-state index in [9.17, 15) is 14.4 Å². The molecule has 0 spiro atoms. The van der Waals surface area contributed by atoms with Gasteiger partial charge in [-0.1, -0.05) is 25.1 Å². The maximum atomic E-state index is 12.3. The molecule has 1 aromatic heterocycles. The highest BCUT2D eigenvalue weighted by atomic mass is 16.4. The molecule has 1 aromatic carbocycles. The molecule has 0 saturated heterocycles. The van der Waals surface area contributed by atoms with E-state index in [1.165, 1.54) is 13.8 Å². The summed E-state index contributed by atoms with van der Waals surface area (Å²) in [6, 6.07) is 6.93. The van der Waals surface area contributed by atoms with Gasteiger partial charge < -0.3 is 20.7 Å². The normalized spacial score (nSPS) is 13.2. The van der Waals surface area contributed by atoms with Crippen molar-refractivity contribution in [2.75, 3.05) is 6.54 Å². The summed E-state index contributed by atoms with van der Waals surface area (Å²) in [4.78, 5) is 37.7. The van der Waals surface area contributed by atoms with Gasteiger partial charge in [0.2, 0.25) is 11.8 Å². The SMILES string of the molecule is CC(=O)NC(Cc1c[nH]c2ccccc12)C(=O)NCC(C)C(=O)O. The molecule has 4 N–H and O–H groups in total. The quantitative estimate of drug-likeness (QED) is 0.607. The van der Waals surface area contributed by atoms with Crippen LogP contribution in [0.25, 0.3) is 10.9 Å². The monoisotopic (exact) mass is 331 g/mol. The average Bonchev–Trinajstić information content (AvgIpc) is 2.94. The van der Waals surface area contributed by atoms with Crippen LogP contribution < -0.4 is 10.6 Å². The third-order valence-electron chi connectivity index (χ3n) is 3.80. The topological polar surface area (TPSA) is 111 Å². The lowest BCUT2D eigenvalue weighted by atomic mass is 10.0. The number of carboxylic acid groups (broad SMARTS) is 1. The Morgan fingerprint density at radius 3 is 2.62 bits per heavy atom. The minimum Gasteiger partial charge on any atom is -0.481 e. The number of fused-ring (bicyclic) bond motifs is 1. The van der Waals surface area contributed by atoms with Crippen LogP contribution in [0.5, 0.6) is 0 Å². The fraction of sp³-hybridized carbons (Fsp3) is 0.353. The van der Waals surface area contributed by atoms with Gasteiger partial charge in [0, 0.05) is 37.0 Å². The Hall–Kier alpha value is -2.83. The van der Waals surface area contributed by atoms with E-state index in [-0.39, 0.29) is 12.5 Å². The fourth-order valence-corrected chi connectivity index (χ4v) is 2.44. The second kappa shape index (κ2) is 7.63. The van der Waals surface area contributed by atoms with Gasteiger partial charge in [0.05, 0.1) is 5.92 Å². The van der Waals surface area contributed by atoms with Gasteiger partial charge in [-0.15, -0.1) is 0 Å². The van der Waals surface area contributed by atoms with Crippen molar-refractivity contribution in [1.82, 2.24) is 15.6 Å². The maximum Gasteiger partial charge on any atom is 0.308 e. The molecule has 128 valence electrons. The van der Waals surface area contributed by atoms with Gasteiger partial charge in [0.15, 0.2) is 0 Å². The Bertz CT molecular complexity index is 753. The zero-order chi connectivity index (χ0) is 17.7. The van der Waals surface area contributed by atoms with Crippen molar-refractivity contribution in [1.29, 1.82) is 0 Å². The second-order valence-corrected chi connectivity index (χ2v) is 5.80. The van der Waals surface area contributed by atoms with Crippen molar-refractivity contribution in [2.45, 2.75) is 26.3 Å². The van der Waals surface area contributed by atoms with Crippen molar-refractivity contribution in [3.63, 3.8) is 0 Å². The number of hydrogen-bond donors (Lipinski definition) is 4. The number of aliphatic carboxylic acids is 1. The molecule has 7 heteroatoms. The van der Waals surface area contributed by atoms with Crippen LogP contribution >= 0.6 is 0 Å². The van der Waals surface area contributed by atoms with Crippen LogP contribution in [-0.2, 0) is 20.8 Å². The molecule has 0 aliphatic carbocycles. The van der Waals surface area contributed by atoms with E-state index in [1.807, 2.05) is 30.5 Å². The number of aromatic nitrogens is 1. The minimum absolute atomic E-state index is 0.0120. The lowest BCUT2D eigenvalue weighted by Crippen LogP contribution is -2.48. The molecule has 2 amide bonds. The Kier molecular flexibility index (Phi) is 5.57. The molecule has 0 fully saturated rings. The van der Waals surface area contributed by atoms with Crippen LogP contribution in [0.3, 0.4) is 0 Å². The van der Waals surface area contributed by atoms with Gasteiger partial charge in [-0.2, -0.15) is 0 Å². The zero-order valence-electron chi connectivity index (χ0n) is 13.6. The van der Waals surface area contributed by atoms with Crippen LogP contribution in [0.4, 0.5) is 0 Å². The molecular formula is C17H21N3O4. The summed E-state index contributed by atoms with van der Waals surface area (Å²) in [5.74, 6) is -2.40. The summed E-state index contributed by atoms with van der Waals surface area (Å²) in [7, 11) is 0. The minimum atomic E-state index is -0.983. The molecule has 7 nitrogen and oxygen atoms in total. The average molecular weight is 331 g/mol. The highest BCUT2D eigenvalue weighted by Crippen LogP contribution is 2.19. The number of carboxylic acids is 1. The predicted molar refractivity (Wildman–Crippen MR) is 89.4 cm³/mol. The Labute approximate surface area is 139 Å². The van der Waals surface area contributed by atoms with E-state index in [0.717, 1.165) is 16.5 Å². The van der Waals surface area contributed by atoms with E-state index < -0.39 is 23.8 Å². The van der Waals surface area contributed by atoms with Crippen molar-refractivity contribution in [3.05, 3.63) is 36.0 Å². The van der Waals surface area contributed by atoms with Gasteiger partial charge in [0.1, 0.15) is 6.04 Å². The molecule has 2 rings (SSSR count). The van der Waals surface area contributed by atoms with E-state index in [4.69, 9.17) is 5.11 Å². The van der Waals surface area contributed by atoms with Gasteiger partial charge >= 0.3 is 5.97 Å². The Balaban J connectivity index is 2.11. The van der Waals surface area contributed by atoms with Gasteiger partial charge in [0.25, 0.3) is 0 Å². The van der Waals surface area contributed by atoms with Crippen LogP contribution in [0.2, 0.25) is 0 Å². The molecule has 2 unspecified atom stereocenters. The Morgan fingerprint density at radius 1 is 1.25 bits per heavy atom.